The first-order chi connectivity index (χ1) is 8.20. The SMILES string of the molecule is COc1ccc(CC(O)c2occc2Br)cc1. The van der Waals surface area contributed by atoms with Gasteiger partial charge in [-0.3, -0.25) is 0 Å². The predicted molar refractivity (Wildman–Crippen MR) is 68.1 cm³/mol. The van der Waals surface area contributed by atoms with Crippen LogP contribution in [0.15, 0.2) is 45.5 Å². The summed E-state index contributed by atoms with van der Waals surface area (Å²) < 4.78 is 11.1. The number of ether oxygens (including phenoxy) is 1. The standard InChI is InChI=1S/C13H13BrO3/c1-16-10-4-2-9(3-5-10)8-12(15)13-11(14)6-7-17-13/h2-7,12,15H,8H2,1H3. The van der Waals surface area contributed by atoms with E-state index in [1.165, 1.54) is 0 Å². The Labute approximate surface area is 108 Å². The van der Waals surface area contributed by atoms with Crippen LogP contribution < -0.4 is 4.74 Å². The highest BCUT2D eigenvalue weighted by atomic mass is 79.9. The van der Waals surface area contributed by atoms with Gasteiger partial charge >= 0.3 is 0 Å². The van der Waals surface area contributed by atoms with Crippen molar-refractivity contribution < 1.29 is 14.3 Å². The van der Waals surface area contributed by atoms with Gasteiger partial charge in [-0.05, 0) is 39.7 Å². The van der Waals surface area contributed by atoms with Crippen molar-refractivity contribution in [1.29, 1.82) is 0 Å². The van der Waals surface area contributed by atoms with Crippen molar-refractivity contribution in [3.8, 4) is 5.75 Å². The van der Waals surface area contributed by atoms with E-state index in [4.69, 9.17) is 9.15 Å². The monoisotopic (exact) mass is 296 g/mol. The number of rotatable bonds is 4. The third-order valence-electron chi connectivity index (χ3n) is 2.54. The molecule has 0 spiro atoms. The molecule has 1 unspecified atom stereocenters. The van der Waals surface area contributed by atoms with Crippen LogP contribution in [-0.2, 0) is 6.42 Å². The zero-order valence-electron chi connectivity index (χ0n) is 9.39. The summed E-state index contributed by atoms with van der Waals surface area (Å²) in [7, 11) is 1.63. The molecule has 3 nitrogen and oxygen atoms in total. The van der Waals surface area contributed by atoms with Gasteiger partial charge in [-0.1, -0.05) is 12.1 Å². The number of aliphatic hydroxyl groups excluding tert-OH is 1. The van der Waals surface area contributed by atoms with Gasteiger partial charge in [0.15, 0.2) is 0 Å². The molecular weight excluding hydrogens is 284 g/mol. The van der Waals surface area contributed by atoms with E-state index < -0.39 is 6.10 Å². The van der Waals surface area contributed by atoms with Crippen molar-refractivity contribution in [2.75, 3.05) is 7.11 Å². The van der Waals surface area contributed by atoms with E-state index in [2.05, 4.69) is 15.9 Å². The summed E-state index contributed by atoms with van der Waals surface area (Å²) in [6.07, 6.45) is 1.42. The molecule has 0 saturated heterocycles. The Morgan fingerprint density at radius 1 is 1.29 bits per heavy atom. The van der Waals surface area contributed by atoms with Crippen molar-refractivity contribution >= 4 is 15.9 Å². The minimum atomic E-state index is -0.646. The molecule has 1 aromatic carbocycles. The molecule has 0 radical (unpaired) electrons. The first-order valence-electron chi connectivity index (χ1n) is 5.24. The first kappa shape index (κ1) is 12.2. The quantitative estimate of drug-likeness (QED) is 0.941. The number of furan rings is 1. The summed E-state index contributed by atoms with van der Waals surface area (Å²) >= 11 is 3.33. The van der Waals surface area contributed by atoms with Gasteiger partial charge in [-0.2, -0.15) is 0 Å². The molecule has 2 rings (SSSR count). The van der Waals surface area contributed by atoms with Gasteiger partial charge in [-0.15, -0.1) is 0 Å². The van der Waals surface area contributed by atoms with Crippen LogP contribution in [0.5, 0.6) is 5.75 Å². The summed E-state index contributed by atoms with van der Waals surface area (Å²) in [5.74, 6) is 1.36. The number of methoxy groups -OCH3 is 1. The molecule has 0 fully saturated rings. The first-order valence-corrected chi connectivity index (χ1v) is 6.04. The van der Waals surface area contributed by atoms with Gasteiger partial charge in [0, 0.05) is 6.42 Å². The molecule has 0 aliphatic heterocycles. The normalized spacial score (nSPS) is 12.4. The van der Waals surface area contributed by atoms with Crippen LogP contribution in [0.3, 0.4) is 0 Å². The van der Waals surface area contributed by atoms with E-state index >= 15 is 0 Å². The van der Waals surface area contributed by atoms with Crippen LogP contribution >= 0.6 is 15.9 Å². The summed E-state index contributed by atoms with van der Waals surface area (Å²) in [4.78, 5) is 0. The van der Waals surface area contributed by atoms with Crippen LogP contribution in [0.25, 0.3) is 0 Å². The van der Waals surface area contributed by atoms with E-state index in [9.17, 15) is 5.11 Å². The lowest BCUT2D eigenvalue weighted by molar-refractivity contribution is 0.149. The lowest BCUT2D eigenvalue weighted by Gasteiger charge is -2.09. The number of hydrogen-bond acceptors (Lipinski definition) is 3. The van der Waals surface area contributed by atoms with Gasteiger partial charge in [-0.25, -0.2) is 0 Å². The Morgan fingerprint density at radius 3 is 2.53 bits per heavy atom. The average molecular weight is 297 g/mol. The molecule has 0 saturated carbocycles. The number of benzene rings is 1. The topological polar surface area (TPSA) is 42.6 Å². The Kier molecular flexibility index (Phi) is 3.86. The minimum absolute atomic E-state index is 0.510. The van der Waals surface area contributed by atoms with E-state index in [0.717, 1.165) is 15.8 Å². The van der Waals surface area contributed by atoms with E-state index in [-0.39, 0.29) is 0 Å². The van der Waals surface area contributed by atoms with Gasteiger partial charge in [0.1, 0.15) is 17.6 Å². The van der Waals surface area contributed by atoms with Crippen LogP contribution in [0.1, 0.15) is 17.4 Å². The highest BCUT2D eigenvalue weighted by molar-refractivity contribution is 9.10. The number of halogens is 1. The summed E-state index contributed by atoms with van der Waals surface area (Å²) in [6.45, 7) is 0. The van der Waals surface area contributed by atoms with Crippen LogP contribution in [0, 0.1) is 0 Å². The summed E-state index contributed by atoms with van der Waals surface area (Å²) in [5.41, 5.74) is 1.03. The van der Waals surface area contributed by atoms with Crippen LogP contribution in [0.4, 0.5) is 0 Å². The molecule has 17 heavy (non-hydrogen) atoms. The maximum atomic E-state index is 10.0. The molecule has 0 aliphatic rings. The maximum absolute atomic E-state index is 10.0. The molecule has 2 aromatic rings. The fourth-order valence-electron chi connectivity index (χ4n) is 1.62. The number of hydrogen-bond donors (Lipinski definition) is 1. The van der Waals surface area contributed by atoms with Crippen molar-refractivity contribution in [3.63, 3.8) is 0 Å². The molecular formula is C13H13BrO3. The maximum Gasteiger partial charge on any atom is 0.146 e. The zero-order valence-corrected chi connectivity index (χ0v) is 11.0. The average Bonchev–Trinajstić information content (AvgIpc) is 2.76. The van der Waals surface area contributed by atoms with Gasteiger partial charge < -0.3 is 14.3 Å². The second kappa shape index (κ2) is 5.38. The van der Waals surface area contributed by atoms with Crippen LogP contribution in [0.2, 0.25) is 0 Å². The van der Waals surface area contributed by atoms with Crippen LogP contribution in [-0.4, -0.2) is 12.2 Å². The Bertz CT molecular complexity index is 476. The van der Waals surface area contributed by atoms with E-state index in [1.54, 1.807) is 19.4 Å². The molecule has 4 heteroatoms. The third kappa shape index (κ3) is 2.90. The fraction of sp³-hybridized carbons (Fsp3) is 0.231. The highest BCUT2D eigenvalue weighted by Crippen LogP contribution is 2.27. The Hall–Kier alpha value is -1.26. The van der Waals surface area contributed by atoms with Gasteiger partial charge in [0.2, 0.25) is 0 Å². The summed E-state index contributed by atoms with van der Waals surface area (Å²) in [5, 5.41) is 10.0. The van der Waals surface area contributed by atoms with Gasteiger partial charge in [0.05, 0.1) is 17.8 Å². The molecule has 1 atom stereocenters. The van der Waals surface area contributed by atoms with Crippen molar-refractivity contribution in [3.05, 3.63) is 52.4 Å². The highest BCUT2D eigenvalue weighted by Gasteiger charge is 2.15. The van der Waals surface area contributed by atoms with Gasteiger partial charge in [0.25, 0.3) is 0 Å². The molecule has 0 bridgehead atoms. The predicted octanol–water partition coefficient (Wildman–Crippen LogP) is 3.33. The summed E-state index contributed by atoms with van der Waals surface area (Å²) in [6, 6.07) is 9.38. The third-order valence-corrected chi connectivity index (χ3v) is 3.19. The molecule has 0 aliphatic carbocycles. The molecule has 1 heterocycles. The Morgan fingerprint density at radius 2 is 2.00 bits per heavy atom. The lowest BCUT2D eigenvalue weighted by Crippen LogP contribution is -2.01. The van der Waals surface area contributed by atoms with Crippen molar-refractivity contribution in [1.82, 2.24) is 0 Å². The molecule has 90 valence electrons. The Balaban J connectivity index is 2.07. The van der Waals surface area contributed by atoms with E-state index in [1.807, 2.05) is 24.3 Å². The zero-order chi connectivity index (χ0) is 12.3. The second-order valence-corrected chi connectivity index (χ2v) is 4.56. The second-order valence-electron chi connectivity index (χ2n) is 3.70. The largest absolute Gasteiger partial charge is 0.497 e. The van der Waals surface area contributed by atoms with Crippen molar-refractivity contribution in [2.24, 2.45) is 0 Å². The van der Waals surface area contributed by atoms with Crippen molar-refractivity contribution in [2.45, 2.75) is 12.5 Å². The van der Waals surface area contributed by atoms with E-state index in [0.29, 0.717) is 12.2 Å². The fourth-order valence-corrected chi connectivity index (χ4v) is 2.09. The molecule has 1 aromatic heterocycles. The minimum Gasteiger partial charge on any atom is -0.497 e. The molecule has 0 amide bonds. The molecule has 1 N–H and O–H groups in total. The number of aliphatic hydroxyl groups is 1. The lowest BCUT2D eigenvalue weighted by atomic mass is 10.1. The smallest absolute Gasteiger partial charge is 0.146 e.